The summed E-state index contributed by atoms with van der Waals surface area (Å²) in [4.78, 5) is 4.44. The molecule has 0 unspecified atom stereocenters. The van der Waals surface area contributed by atoms with Crippen LogP contribution in [0.1, 0.15) is 13.3 Å². The van der Waals surface area contributed by atoms with Crippen LogP contribution in [0.15, 0.2) is 83.2 Å². The molecule has 5 nitrogen and oxygen atoms in total. The van der Waals surface area contributed by atoms with Crippen molar-refractivity contribution >= 4 is 27.8 Å². The van der Waals surface area contributed by atoms with E-state index < -0.39 is 0 Å². The van der Waals surface area contributed by atoms with Crippen molar-refractivity contribution in [3.8, 4) is 17.0 Å². The topological polar surface area (TPSA) is 72.9 Å². The minimum Gasteiger partial charge on any atom is -0.493 e. The van der Waals surface area contributed by atoms with E-state index in [4.69, 9.17) is 10.5 Å². The van der Waals surface area contributed by atoms with Crippen LogP contribution in [0.3, 0.4) is 0 Å². The highest BCUT2D eigenvalue weighted by Gasteiger charge is 2.10. The fourth-order valence-corrected chi connectivity index (χ4v) is 3.13. The predicted octanol–water partition coefficient (Wildman–Crippen LogP) is 6.83. The molecule has 0 fully saturated rings. The number of halogens is 1. The van der Waals surface area contributed by atoms with Crippen molar-refractivity contribution in [1.29, 1.82) is 0 Å². The molecule has 0 radical (unpaired) electrons. The Balaban J connectivity index is 1.58. The molecular formula is C24H21FN4O. The first-order valence-corrected chi connectivity index (χ1v) is 9.73. The fourth-order valence-electron chi connectivity index (χ4n) is 3.13. The van der Waals surface area contributed by atoms with E-state index in [1.54, 1.807) is 18.3 Å². The van der Waals surface area contributed by atoms with Crippen LogP contribution < -0.4 is 10.5 Å². The predicted molar refractivity (Wildman–Crippen MR) is 118 cm³/mol. The third-order valence-corrected chi connectivity index (χ3v) is 4.65. The van der Waals surface area contributed by atoms with Crippen molar-refractivity contribution in [3.63, 3.8) is 0 Å². The number of hydrogen-bond acceptors (Lipinski definition) is 5. The number of pyridine rings is 1. The van der Waals surface area contributed by atoms with Gasteiger partial charge in [0.15, 0.2) is 0 Å². The number of rotatable bonds is 6. The van der Waals surface area contributed by atoms with Gasteiger partial charge >= 0.3 is 0 Å². The van der Waals surface area contributed by atoms with E-state index in [1.807, 2.05) is 49.4 Å². The summed E-state index contributed by atoms with van der Waals surface area (Å²) in [6.07, 6.45) is 2.45. The lowest BCUT2D eigenvalue weighted by atomic mass is 10.1. The van der Waals surface area contributed by atoms with Gasteiger partial charge in [0, 0.05) is 17.0 Å². The SMILES string of the molecule is CCCOc1cc(F)ccc1-c1ccc(N=Nc2ccc3ccccc3c2N)cn1. The summed E-state index contributed by atoms with van der Waals surface area (Å²) in [7, 11) is 0. The second-order valence-electron chi connectivity index (χ2n) is 6.81. The van der Waals surface area contributed by atoms with Gasteiger partial charge in [-0.25, -0.2) is 4.39 Å². The molecule has 0 saturated heterocycles. The van der Waals surface area contributed by atoms with E-state index >= 15 is 0 Å². The molecule has 0 atom stereocenters. The molecule has 0 aliphatic carbocycles. The van der Waals surface area contributed by atoms with Crippen LogP contribution in [0.2, 0.25) is 0 Å². The Morgan fingerprint density at radius 2 is 1.87 bits per heavy atom. The van der Waals surface area contributed by atoms with Gasteiger partial charge in [0.05, 0.1) is 24.2 Å². The number of nitrogen functional groups attached to an aromatic ring is 1. The zero-order chi connectivity index (χ0) is 20.9. The number of nitrogens with two attached hydrogens (primary N) is 1. The van der Waals surface area contributed by atoms with E-state index in [0.29, 0.717) is 35.1 Å². The molecule has 1 heterocycles. The number of aromatic nitrogens is 1. The molecule has 0 aliphatic heterocycles. The van der Waals surface area contributed by atoms with Crippen LogP contribution in [-0.4, -0.2) is 11.6 Å². The Morgan fingerprint density at radius 1 is 1.00 bits per heavy atom. The summed E-state index contributed by atoms with van der Waals surface area (Å²) in [6.45, 7) is 2.51. The highest BCUT2D eigenvalue weighted by atomic mass is 19.1. The number of benzene rings is 3. The largest absolute Gasteiger partial charge is 0.493 e. The van der Waals surface area contributed by atoms with Gasteiger partial charge in [-0.15, -0.1) is 10.2 Å². The van der Waals surface area contributed by atoms with Crippen molar-refractivity contribution in [2.75, 3.05) is 12.3 Å². The Bertz CT molecular complexity index is 1210. The Kier molecular flexibility index (Phi) is 5.66. The molecule has 150 valence electrons. The number of anilines is 1. The lowest BCUT2D eigenvalue weighted by Gasteiger charge is -2.10. The highest BCUT2D eigenvalue weighted by Crippen LogP contribution is 2.33. The highest BCUT2D eigenvalue weighted by molar-refractivity contribution is 5.97. The molecular weight excluding hydrogens is 379 g/mol. The summed E-state index contributed by atoms with van der Waals surface area (Å²) in [5.41, 5.74) is 9.42. The molecule has 4 rings (SSSR count). The standard InChI is InChI=1S/C24H21FN4O/c1-2-13-30-23-14-17(25)8-10-20(23)21-12-9-18(15-27-21)28-29-22-11-7-16-5-3-4-6-19(16)24(22)26/h3-12,14-15H,2,13,26H2,1H3. The number of nitrogens with zero attached hydrogens (tertiary/aromatic N) is 3. The van der Waals surface area contributed by atoms with Gasteiger partial charge in [-0.3, -0.25) is 4.98 Å². The van der Waals surface area contributed by atoms with Gasteiger partial charge in [-0.05, 0) is 42.1 Å². The van der Waals surface area contributed by atoms with Gasteiger partial charge in [0.1, 0.15) is 22.9 Å². The van der Waals surface area contributed by atoms with Gasteiger partial charge in [0.25, 0.3) is 0 Å². The summed E-state index contributed by atoms with van der Waals surface area (Å²) >= 11 is 0. The first-order chi connectivity index (χ1) is 14.7. The molecule has 2 N–H and O–H groups in total. The van der Waals surface area contributed by atoms with Crippen molar-refractivity contribution in [3.05, 3.63) is 78.7 Å². The molecule has 0 spiro atoms. The molecule has 0 amide bonds. The normalized spacial score (nSPS) is 11.3. The minimum atomic E-state index is -0.344. The maximum Gasteiger partial charge on any atom is 0.131 e. The van der Waals surface area contributed by atoms with Gasteiger partial charge in [-0.1, -0.05) is 37.3 Å². The third-order valence-electron chi connectivity index (χ3n) is 4.65. The third kappa shape index (κ3) is 4.12. The second-order valence-corrected chi connectivity index (χ2v) is 6.81. The van der Waals surface area contributed by atoms with Crippen molar-refractivity contribution in [2.24, 2.45) is 10.2 Å². The van der Waals surface area contributed by atoms with Crippen LogP contribution in [0.5, 0.6) is 5.75 Å². The van der Waals surface area contributed by atoms with Crippen LogP contribution in [0, 0.1) is 5.82 Å². The van der Waals surface area contributed by atoms with Crippen LogP contribution in [0.4, 0.5) is 21.5 Å². The van der Waals surface area contributed by atoms with E-state index in [2.05, 4.69) is 15.2 Å². The van der Waals surface area contributed by atoms with E-state index in [1.165, 1.54) is 12.1 Å². The average Bonchev–Trinajstić information content (AvgIpc) is 2.78. The molecule has 0 bridgehead atoms. The number of ether oxygens (including phenoxy) is 1. The molecule has 0 aliphatic rings. The lowest BCUT2D eigenvalue weighted by molar-refractivity contribution is 0.317. The first kappa shape index (κ1) is 19.5. The monoisotopic (exact) mass is 400 g/mol. The fraction of sp³-hybridized carbons (Fsp3) is 0.125. The van der Waals surface area contributed by atoms with Crippen molar-refractivity contribution < 1.29 is 9.13 Å². The minimum absolute atomic E-state index is 0.344. The second kappa shape index (κ2) is 8.69. The summed E-state index contributed by atoms with van der Waals surface area (Å²) in [5.74, 6) is 0.130. The number of azo groups is 1. The molecule has 1 aromatic heterocycles. The van der Waals surface area contributed by atoms with Gasteiger partial charge in [-0.2, -0.15) is 0 Å². The average molecular weight is 400 g/mol. The van der Waals surface area contributed by atoms with Crippen LogP contribution in [-0.2, 0) is 0 Å². The van der Waals surface area contributed by atoms with Crippen LogP contribution in [0.25, 0.3) is 22.0 Å². The Morgan fingerprint density at radius 3 is 2.67 bits per heavy atom. The molecule has 0 saturated carbocycles. The smallest absolute Gasteiger partial charge is 0.131 e. The van der Waals surface area contributed by atoms with E-state index in [-0.39, 0.29) is 5.82 Å². The van der Waals surface area contributed by atoms with Crippen molar-refractivity contribution in [2.45, 2.75) is 13.3 Å². The summed E-state index contributed by atoms with van der Waals surface area (Å²) in [5, 5.41) is 10.5. The van der Waals surface area contributed by atoms with Gasteiger partial charge < -0.3 is 10.5 Å². The van der Waals surface area contributed by atoms with Crippen molar-refractivity contribution in [1.82, 2.24) is 4.98 Å². The van der Waals surface area contributed by atoms with E-state index in [9.17, 15) is 4.39 Å². The number of hydrogen-bond donors (Lipinski definition) is 1. The zero-order valence-corrected chi connectivity index (χ0v) is 16.5. The van der Waals surface area contributed by atoms with Gasteiger partial charge in [0.2, 0.25) is 0 Å². The maximum atomic E-state index is 13.6. The van der Waals surface area contributed by atoms with Crippen LogP contribution >= 0.6 is 0 Å². The Hall–Kier alpha value is -3.80. The quantitative estimate of drug-likeness (QED) is 0.285. The number of fused-ring (bicyclic) bond motifs is 1. The molecule has 4 aromatic rings. The van der Waals surface area contributed by atoms with E-state index in [0.717, 1.165) is 22.8 Å². The molecule has 30 heavy (non-hydrogen) atoms. The zero-order valence-electron chi connectivity index (χ0n) is 16.5. The lowest BCUT2D eigenvalue weighted by Crippen LogP contribution is -1.98. The first-order valence-electron chi connectivity index (χ1n) is 9.73. The molecule has 3 aromatic carbocycles. The molecule has 6 heteroatoms. The summed E-state index contributed by atoms with van der Waals surface area (Å²) in [6, 6.07) is 19.7. The summed E-state index contributed by atoms with van der Waals surface area (Å²) < 4.78 is 19.3. The Labute approximate surface area is 174 Å². The maximum absolute atomic E-state index is 13.6.